The number of nitrogens with two attached hydrogens (primary N) is 2. The maximum Gasteiger partial charge on any atom is 0.240 e. The highest BCUT2D eigenvalue weighted by molar-refractivity contribution is 7.89. The summed E-state index contributed by atoms with van der Waals surface area (Å²) in [7, 11) is -4.15. The predicted molar refractivity (Wildman–Crippen MR) is 102 cm³/mol. The zero-order chi connectivity index (χ0) is 20.3. The second-order valence-corrected chi connectivity index (χ2v) is 7.56. The van der Waals surface area contributed by atoms with Crippen LogP contribution in [0.25, 0.3) is 5.69 Å². The van der Waals surface area contributed by atoms with Gasteiger partial charge < -0.3 is 11.1 Å². The number of sulfonamides is 1. The summed E-state index contributed by atoms with van der Waals surface area (Å²) in [5.41, 5.74) is 7.59. The lowest BCUT2D eigenvalue weighted by Crippen LogP contribution is -2.19. The summed E-state index contributed by atoms with van der Waals surface area (Å²) in [5.74, 6) is -0.976. The summed E-state index contributed by atoms with van der Waals surface area (Å²) in [4.78, 5) is 12.1. The van der Waals surface area contributed by atoms with Crippen molar-refractivity contribution in [2.24, 2.45) is 10.9 Å². The number of primary sulfonamides is 1. The fourth-order valence-electron chi connectivity index (χ4n) is 2.75. The van der Waals surface area contributed by atoms with Crippen LogP contribution in [0.1, 0.15) is 11.1 Å². The van der Waals surface area contributed by atoms with E-state index in [1.807, 2.05) is 12.1 Å². The summed E-state index contributed by atoms with van der Waals surface area (Å²) in [5, 5.41) is 11.7. The molecule has 0 saturated carbocycles. The van der Waals surface area contributed by atoms with Gasteiger partial charge in [-0.3, -0.25) is 4.79 Å². The minimum atomic E-state index is -4.15. The molecule has 1 amide bonds. The average molecular weight is 403 g/mol. The first-order valence-corrected chi connectivity index (χ1v) is 9.76. The van der Waals surface area contributed by atoms with Crippen molar-refractivity contribution in [3.8, 4) is 5.69 Å². The van der Waals surface area contributed by atoms with Crippen molar-refractivity contribution in [3.63, 3.8) is 0 Å². The molecule has 28 heavy (non-hydrogen) atoms. The third kappa shape index (κ3) is 4.42. The Hall–Kier alpha value is -3.08. The van der Waals surface area contributed by atoms with Crippen LogP contribution in [-0.4, -0.2) is 24.1 Å². The van der Waals surface area contributed by atoms with Crippen LogP contribution in [0.2, 0.25) is 0 Å². The maximum absolute atomic E-state index is 13.2. The van der Waals surface area contributed by atoms with Gasteiger partial charge in [-0.25, -0.2) is 22.6 Å². The van der Waals surface area contributed by atoms with Crippen LogP contribution in [0.4, 0.5) is 10.1 Å². The highest BCUT2D eigenvalue weighted by Gasteiger charge is 2.18. The molecule has 0 aliphatic rings. The summed E-state index contributed by atoms with van der Waals surface area (Å²) >= 11 is 0. The quantitative estimate of drug-likeness (QED) is 0.570. The van der Waals surface area contributed by atoms with Gasteiger partial charge in [0.1, 0.15) is 4.90 Å². The molecule has 0 atom stereocenters. The molecule has 0 bridgehead atoms. The molecule has 1 aromatic heterocycles. The Labute approximate surface area is 161 Å². The zero-order valence-corrected chi connectivity index (χ0v) is 15.5. The van der Waals surface area contributed by atoms with Gasteiger partial charge in [0, 0.05) is 12.2 Å². The Morgan fingerprint density at radius 2 is 1.89 bits per heavy atom. The van der Waals surface area contributed by atoms with Crippen LogP contribution in [0, 0.1) is 5.82 Å². The van der Waals surface area contributed by atoms with Crippen LogP contribution in [0.5, 0.6) is 0 Å². The second kappa shape index (κ2) is 7.89. The van der Waals surface area contributed by atoms with Crippen molar-refractivity contribution in [3.05, 3.63) is 71.8 Å². The van der Waals surface area contributed by atoms with Gasteiger partial charge in [-0.15, -0.1) is 0 Å². The monoisotopic (exact) mass is 403 g/mol. The summed E-state index contributed by atoms with van der Waals surface area (Å²) in [6.45, 7) is 0.300. The van der Waals surface area contributed by atoms with Crippen LogP contribution < -0.4 is 16.2 Å². The van der Waals surface area contributed by atoms with Gasteiger partial charge in [0.05, 0.1) is 24.5 Å². The minimum Gasteiger partial charge on any atom is -0.326 e. The second-order valence-electron chi connectivity index (χ2n) is 6.03. The van der Waals surface area contributed by atoms with E-state index in [9.17, 15) is 17.6 Å². The van der Waals surface area contributed by atoms with Crippen molar-refractivity contribution < 1.29 is 17.6 Å². The van der Waals surface area contributed by atoms with Crippen LogP contribution in [-0.2, 0) is 27.8 Å². The molecule has 0 radical (unpaired) electrons. The molecular weight excluding hydrogens is 385 g/mol. The van der Waals surface area contributed by atoms with E-state index in [0.29, 0.717) is 6.54 Å². The SMILES string of the molecule is NCc1ccccc1CC(=O)Nc1ccc(-n2cc(F)cn2)c(S(N)(=O)=O)c1. The molecule has 5 N–H and O–H groups in total. The number of nitrogens with one attached hydrogen (secondary N) is 1. The summed E-state index contributed by atoms with van der Waals surface area (Å²) in [6, 6.07) is 11.3. The molecule has 0 fully saturated rings. The summed E-state index contributed by atoms with van der Waals surface area (Å²) < 4.78 is 38.2. The maximum atomic E-state index is 13.2. The average Bonchev–Trinajstić information content (AvgIpc) is 3.07. The molecule has 3 aromatic rings. The number of aromatic nitrogens is 2. The van der Waals surface area contributed by atoms with E-state index < -0.39 is 15.8 Å². The van der Waals surface area contributed by atoms with Gasteiger partial charge >= 0.3 is 0 Å². The number of carbonyl (C=O) groups is 1. The fraction of sp³-hybridized carbons (Fsp3) is 0.111. The lowest BCUT2D eigenvalue weighted by atomic mass is 10.0. The van der Waals surface area contributed by atoms with Gasteiger partial charge in [0.2, 0.25) is 15.9 Å². The van der Waals surface area contributed by atoms with Crippen molar-refractivity contribution in [2.45, 2.75) is 17.9 Å². The van der Waals surface area contributed by atoms with E-state index in [-0.39, 0.29) is 28.6 Å². The van der Waals surface area contributed by atoms with Crippen molar-refractivity contribution in [1.29, 1.82) is 0 Å². The van der Waals surface area contributed by atoms with E-state index in [4.69, 9.17) is 10.9 Å². The third-order valence-electron chi connectivity index (χ3n) is 4.04. The van der Waals surface area contributed by atoms with Crippen molar-refractivity contribution in [2.75, 3.05) is 5.32 Å². The fourth-order valence-corrected chi connectivity index (χ4v) is 3.49. The van der Waals surface area contributed by atoms with E-state index in [1.54, 1.807) is 12.1 Å². The zero-order valence-electron chi connectivity index (χ0n) is 14.7. The van der Waals surface area contributed by atoms with Crippen molar-refractivity contribution in [1.82, 2.24) is 9.78 Å². The number of rotatable bonds is 6. The molecular formula is C18H18FN5O3S. The highest BCUT2D eigenvalue weighted by atomic mass is 32.2. The lowest BCUT2D eigenvalue weighted by Gasteiger charge is -2.12. The number of hydrogen-bond acceptors (Lipinski definition) is 5. The number of carbonyl (C=O) groups excluding carboxylic acids is 1. The molecule has 0 saturated heterocycles. The number of benzene rings is 2. The highest BCUT2D eigenvalue weighted by Crippen LogP contribution is 2.23. The van der Waals surface area contributed by atoms with Gasteiger partial charge in [-0.05, 0) is 29.3 Å². The molecule has 8 nitrogen and oxygen atoms in total. The van der Waals surface area contributed by atoms with E-state index >= 15 is 0 Å². The first-order valence-electron chi connectivity index (χ1n) is 8.22. The predicted octanol–water partition coefficient (Wildman–Crippen LogP) is 1.30. The molecule has 10 heteroatoms. The Kier molecular flexibility index (Phi) is 5.54. The number of anilines is 1. The molecule has 0 aliphatic carbocycles. The van der Waals surface area contributed by atoms with Crippen LogP contribution >= 0.6 is 0 Å². The number of hydrogen-bond donors (Lipinski definition) is 3. The van der Waals surface area contributed by atoms with Gasteiger partial charge in [-0.1, -0.05) is 24.3 Å². The molecule has 3 rings (SSSR count). The molecule has 0 unspecified atom stereocenters. The first-order chi connectivity index (χ1) is 13.3. The van der Waals surface area contributed by atoms with Gasteiger partial charge in [0.25, 0.3) is 0 Å². The number of amides is 1. The Morgan fingerprint density at radius 1 is 1.18 bits per heavy atom. The van der Waals surface area contributed by atoms with Crippen molar-refractivity contribution >= 4 is 21.6 Å². The standard InChI is InChI=1S/C18H18FN5O3S/c19-14-10-22-24(11-14)16-6-5-15(8-17(16)28(21,26)27)23-18(25)7-12-3-1-2-4-13(12)9-20/h1-6,8,10-11H,7,9,20H2,(H,23,25)(H2,21,26,27). The van der Waals surface area contributed by atoms with E-state index in [0.717, 1.165) is 28.2 Å². The number of halogens is 1. The topological polar surface area (TPSA) is 133 Å². The Bertz CT molecular complexity index is 1130. The van der Waals surface area contributed by atoms with Gasteiger partial charge in [-0.2, -0.15) is 5.10 Å². The van der Waals surface area contributed by atoms with Gasteiger partial charge in [0.15, 0.2) is 5.82 Å². The normalized spacial score (nSPS) is 11.4. The third-order valence-corrected chi connectivity index (χ3v) is 4.98. The molecule has 0 aliphatic heterocycles. The Morgan fingerprint density at radius 3 is 2.50 bits per heavy atom. The smallest absolute Gasteiger partial charge is 0.240 e. The van der Waals surface area contributed by atoms with E-state index in [1.165, 1.54) is 18.2 Å². The molecule has 2 aromatic carbocycles. The number of nitrogens with zero attached hydrogens (tertiary/aromatic N) is 2. The molecule has 0 spiro atoms. The first kappa shape index (κ1) is 19.7. The lowest BCUT2D eigenvalue weighted by molar-refractivity contribution is -0.115. The molecule has 1 heterocycles. The largest absolute Gasteiger partial charge is 0.326 e. The Balaban J connectivity index is 1.88. The van der Waals surface area contributed by atoms with Crippen LogP contribution in [0.15, 0.2) is 59.8 Å². The summed E-state index contributed by atoms with van der Waals surface area (Å²) in [6.07, 6.45) is 2.04. The minimum absolute atomic E-state index is 0.0675. The van der Waals surface area contributed by atoms with Crippen LogP contribution in [0.3, 0.4) is 0 Å². The van der Waals surface area contributed by atoms with E-state index in [2.05, 4.69) is 10.4 Å². The molecule has 146 valence electrons.